The minimum atomic E-state index is -1.65. The standard InChI is InChI=1S/C10H14N2O4/c1-6(15)11-3-9-10(16)8(5-14)7(4-13)2-12-9/h2,5,7-8,13,16H,3-4H2,1H3,(H,11,15)/i7D. The molecule has 2 unspecified atom stereocenters. The summed E-state index contributed by atoms with van der Waals surface area (Å²) in [6, 6.07) is 0. The smallest absolute Gasteiger partial charge is 0.217 e. The van der Waals surface area contributed by atoms with Crippen LogP contribution in [0.5, 0.6) is 0 Å². The maximum Gasteiger partial charge on any atom is 0.217 e. The predicted molar refractivity (Wildman–Crippen MR) is 57.0 cm³/mol. The summed E-state index contributed by atoms with van der Waals surface area (Å²) in [5, 5.41) is 21.2. The molecule has 0 aliphatic carbocycles. The highest BCUT2D eigenvalue weighted by molar-refractivity contribution is 5.75. The van der Waals surface area contributed by atoms with Gasteiger partial charge in [-0.05, 0) is 0 Å². The van der Waals surface area contributed by atoms with E-state index in [1.807, 2.05) is 0 Å². The Hall–Kier alpha value is -1.69. The van der Waals surface area contributed by atoms with Crippen molar-refractivity contribution in [1.82, 2.24) is 5.32 Å². The number of aliphatic hydroxyl groups is 2. The van der Waals surface area contributed by atoms with Gasteiger partial charge in [0.2, 0.25) is 5.91 Å². The summed E-state index contributed by atoms with van der Waals surface area (Å²) >= 11 is 0. The van der Waals surface area contributed by atoms with E-state index < -0.39 is 18.4 Å². The van der Waals surface area contributed by atoms with Gasteiger partial charge in [0.05, 0.1) is 24.8 Å². The van der Waals surface area contributed by atoms with E-state index in [1.54, 1.807) is 0 Å². The molecule has 0 fully saturated rings. The molecule has 2 atom stereocenters. The van der Waals surface area contributed by atoms with Crippen LogP contribution in [0, 0.1) is 11.8 Å². The molecule has 0 aromatic rings. The molecule has 6 nitrogen and oxygen atoms in total. The Labute approximate surface area is 94.1 Å². The summed E-state index contributed by atoms with van der Waals surface area (Å²) in [6.45, 7) is 0.657. The topological polar surface area (TPSA) is 99.0 Å². The Morgan fingerprint density at radius 1 is 1.81 bits per heavy atom. The summed E-state index contributed by atoms with van der Waals surface area (Å²) in [5.74, 6) is -3.51. The zero-order valence-corrected chi connectivity index (χ0v) is 8.80. The van der Waals surface area contributed by atoms with Gasteiger partial charge in [-0.1, -0.05) is 0 Å². The van der Waals surface area contributed by atoms with Crippen molar-refractivity contribution in [3.05, 3.63) is 11.5 Å². The van der Waals surface area contributed by atoms with Gasteiger partial charge in [-0.15, -0.1) is 0 Å². The SMILES string of the molecule is [2H]C1(CO)C=NC(CNC(C)=O)=C(O)C1C=O. The number of aliphatic hydroxyl groups excluding tert-OH is 2. The first kappa shape index (κ1) is 10.8. The molecule has 6 heteroatoms. The van der Waals surface area contributed by atoms with Crippen LogP contribution in [0.15, 0.2) is 16.4 Å². The van der Waals surface area contributed by atoms with Crippen LogP contribution in [-0.2, 0) is 9.59 Å². The number of rotatable bonds is 4. The number of amides is 1. The van der Waals surface area contributed by atoms with Crippen LogP contribution in [0.1, 0.15) is 8.29 Å². The largest absolute Gasteiger partial charge is 0.510 e. The second-order valence-electron chi connectivity index (χ2n) is 3.35. The van der Waals surface area contributed by atoms with Crippen molar-refractivity contribution in [1.29, 1.82) is 0 Å². The van der Waals surface area contributed by atoms with Crippen LogP contribution < -0.4 is 5.32 Å². The molecule has 1 aliphatic heterocycles. The number of aliphatic imine (C=N–C) groups is 1. The maximum atomic E-state index is 10.9. The van der Waals surface area contributed by atoms with Crippen LogP contribution in [0.2, 0.25) is 0 Å². The molecular formula is C10H14N2O4. The van der Waals surface area contributed by atoms with Gasteiger partial charge in [0, 0.05) is 20.4 Å². The maximum absolute atomic E-state index is 10.9. The molecule has 0 bridgehead atoms. The molecule has 1 aliphatic rings. The minimum Gasteiger partial charge on any atom is -0.510 e. The fraction of sp³-hybridized carbons (Fsp3) is 0.500. The van der Waals surface area contributed by atoms with Gasteiger partial charge in [-0.2, -0.15) is 0 Å². The van der Waals surface area contributed by atoms with Crippen LogP contribution >= 0.6 is 0 Å². The average Bonchev–Trinajstić information content (AvgIpc) is 2.28. The number of nitrogens with one attached hydrogen (secondary N) is 1. The first-order valence-electron chi connectivity index (χ1n) is 5.22. The van der Waals surface area contributed by atoms with Crippen LogP contribution in [0.4, 0.5) is 0 Å². The molecule has 16 heavy (non-hydrogen) atoms. The number of carbonyl (C=O) groups is 2. The lowest BCUT2D eigenvalue weighted by Crippen LogP contribution is -2.30. The highest BCUT2D eigenvalue weighted by atomic mass is 16.3. The summed E-state index contributed by atoms with van der Waals surface area (Å²) in [5.41, 5.74) is 0.119. The lowest BCUT2D eigenvalue weighted by atomic mass is 9.90. The highest BCUT2D eigenvalue weighted by Crippen LogP contribution is 2.23. The van der Waals surface area contributed by atoms with E-state index in [1.165, 1.54) is 6.92 Å². The normalized spacial score (nSPS) is 29.9. The molecule has 1 heterocycles. The summed E-state index contributed by atoms with van der Waals surface area (Å²) in [4.78, 5) is 25.4. The highest BCUT2D eigenvalue weighted by Gasteiger charge is 2.28. The lowest BCUT2D eigenvalue weighted by Gasteiger charge is -2.22. The van der Waals surface area contributed by atoms with Crippen molar-refractivity contribution in [3.63, 3.8) is 0 Å². The number of hydrogen-bond donors (Lipinski definition) is 3. The zero-order chi connectivity index (χ0) is 13.1. The first-order valence-corrected chi connectivity index (χ1v) is 4.72. The van der Waals surface area contributed by atoms with E-state index in [4.69, 9.17) is 6.48 Å². The molecule has 1 rings (SSSR count). The quantitative estimate of drug-likeness (QED) is 0.558. The molecule has 88 valence electrons. The number of aldehydes is 1. The number of allylic oxidation sites excluding steroid dienone is 1. The summed E-state index contributed by atoms with van der Waals surface area (Å²) < 4.78 is 7.75. The van der Waals surface area contributed by atoms with Crippen molar-refractivity contribution >= 4 is 18.4 Å². The first-order chi connectivity index (χ1) is 7.94. The average molecular weight is 227 g/mol. The van der Waals surface area contributed by atoms with Crippen LogP contribution in [0.3, 0.4) is 0 Å². The van der Waals surface area contributed by atoms with Gasteiger partial charge in [-0.3, -0.25) is 9.79 Å². The van der Waals surface area contributed by atoms with E-state index >= 15 is 0 Å². The van der Waals surface area contributed by atoms with Crippen molar-refractivity contribution in [3.8, 4) is 0 Å². The molecular weight excluding hydrogens is 212 g/mol. The molecule has 0 saturated heterocycles. The molecule has 0 radical (unpaired) electrons. The van der Waals surface area contributed by atoms with Gasteiger partial charge in [0.15, 0.2) is 0 Å². The van der Waals surface area contributed by atoms with E-state index in [0.717, 1.165) is 6.21 Å². The van der Waals surface area contributed by atoms with E-state index in [0.29, 0.717) is 6.29 Å². The monoisotopic (exact) mass is 227 g/mol. The van der Waals surface area contributed by atoms with Gasteiger partial charge < -0.3 is 20.3 Å². The van der Waals surface area contributed by atoms with E-state index in [2.05, 4.69) is 10.3 Å². The van der Waals surface area contributed by atoms with Crippen molar-refractivity contribution in [2.45, 2.75) is 6.92 Å². The Morgan fingerprint density at radius 3 is 3.00 bits per heavy atom. The Bertz CT molecular complexity index is 394. The third kappa shape index (κ3) is 2.66. The van der Waals surface area contributed by atoms with Gasteiger partial charge in [0.25, 0.3) is 0 Å². The summed E-state index contributed by atoms with van der Waals surface area (Å²) in [7, 11) is 0. The van der Waals surface area contributed by atoms with Crippen LogP contribution in [0.25, 0.3) is 0 Å². The third-order valence-corrected chi connectivity index (χ3v) is 2.20. The molecule has 1 amide bonds. The third-order valence-electron chi connectivity index (χ3n) is 2.20. The van der Waals surface area contributed by atoms with Crippen molar-refractivity contribution in [2.24, 2.45) is 16.8 Å². The molecule has 0 saturated carbocycles. The molecule has 3 N–H and O–H groups in total. The van der Waals surface area contributed by atoms with Gasteiger partial charge >= 0.3 is 0 Å². The zero-order valence-electron chi connectivity index (χ0n) is 9.80. The Morgan fingerprint density at radius 2 is 2.50 bits per heavy atom. The molecule has 0 aromatic heterocycles. The predicted octanol–water partition coefficient (Wildman–Crippen LogP) is -0.600. The lowest BCUT2D eigenvalue weighted by molar-refractivity contribution is -0.118. The van der Waals surface area contributed by atoms with Gasteiger partial charge in [0.1, 0.15) is 12.0 Å². The second kappa shape index (κ2) is 5.41. The second-order valence-corrected chi connectivity index (χ2v) is 3.35. The molecule has 0 spiro atoms. The molecule has 0 aromatic carbocycles. The number of nitrogens with zero attached hydrogens (tertiary/aromatic N) is 1. The van der Waals surface area contributed by atoms with Crippen LogP contribution in [-0.4, -0.2) is 41.8 Å². The van der Waals surface area contributed by atoms with E-state index in [-0.39, 0.29) is 23.9 Å². The van der Waals surface area contributed by atoms with Crippen molar-refractivity contribution in [2.75, 3.05) is 13.2 Å². The van der Waals surface area contributed by atoms with Crippen molar-refractivity contribution < 1.29 is 21.2 Å². The van der Waals surface area contributed by atoms with E-state index in [9.17, 15) is 14.7 Å². The Kier molecular flexibility index (Phi) is 3.66. The fourth-order valence-electron chi connectivity index (χ4n) is 1.30. The summed E-state index contributed by atoms with van der Waals surface area (Å²) in [6.07, 6.45) is 1.49. The van der Waals surface area contributed by atoms with Gasteiger partial charge in [-0.25, -0.2) is 0 Å². The minimum absolute atomic E-state index is 0.0243. The fourth-order valence-corrected chi connectivity index (χ4v) is 1.30. The Balaban J connectivity index is 2.94. The number of hydrogen-bond acceptors (Lipinski definition) is 5. The number of carbonyl (C=O) groups excluding carboxylic acids is 2.